The summed E-state index contributed by atoms with van der Waals surface area (Å²) in [7, 11) is 0. The smallest absolute Gasteiger partial charge is 0.162 e. The van der Waals surface area contributed by atoms with Gasteiger partial charge in [-0.2, -0.15) is 0 Å². The van der Waals surface area contributed by atoms with Crippen LogP contribution in [0.1, 0.15) is 28.5 Å². The Morgan fingerprint density at radius 3 is 2.54 bits per heavy atom. The molecule has 4 aromatic rings. The van der Waals surface area contributed by atoms with Crippen LogP contribution in [-0.4, -0.2) is 15.3 Å². The van der Waals surface area contributed by atoms with Crippen molar-refractivity contribution in [1.82, 2.24) is 9.55 Å². The van der Waals surface area contributed by atoms with Gasteiger partial charge in [-0.15, -0.1) is 0 Å². The van der Waals surface area contributed by atoms with Crippen molar-refractivity contribution in [3.05, 3.63) is 83.8 Å². The van der Waals surface area contributed by atoms with Crippen LogP contribution in [0.15, 0.2) is 67.0 Å². The number of aromatic amines is 1. The molecule has 3 nitrogen and oxygen atoms in total. The van der Waals surface area contributed by atoms with Gasteiger partial charge in [0.05, 0.1) is 0 Å². The molecule has 0 bridgehead atoms. The lowest BCUT2D eigenvalue weighted by molar-refractivity contribution is 0.101. The standard InChI is InChI=1S/C23H22N2O/c1-16-23(17(2)26)21(18-8-4-3-5-9-18)15-25(16)13-12-19-14-24-22-11-7-6-10-20(19)22/h3-11,14-15,24H,12-13H2,1-2H3. The molecule has 0 aliphatic heterocycles. The van der Waals surface area contributed by atoms with Crippen molar-refractivity contribution in [2.45, 2.75) is 26.8 Å². The highest BCUT2D eigenvalue weighted by molar-refractivity contribution is 6.02. The maximum absolute atomic E-state index is 12.3. The molecule has 0 amide bonds. The first-order chi connectivity index (χ1) is 12.6. The molecule has 1 N–H and O–H groups in total. The summed E-state index contributed by atoms with van der Waals surface area (Å²) in [5.74, 6) is 0.118. The molecule has 130 valence electrons. The minimum atomic E-state index is 0.118. The number of Topliss-reactive ketones (excluding diaryl/α,β-unsaturated/α-hetero) is 1. The number of fused-ring (bicyclic) bond motifs is 1. The van der Waals surface area contributed by atoms with Gasteiger partial charge in [-0.05, 0) is 37.5 Å². The molecule has 0 atom stereocenters. The van der Waals surface area contributed by atoms with Crippen molar-refractivity contribution in [2.75, 3.05) is 0 Å². The van der Waals surface area contributed by atoms with Crippen LogP contribution in [0.3, 0.4) is 0 Å². The van der Waals surface area contributed by atoms with E-state index in [1.807, 2.05) is 31.2 Å². The number of hydrogen-bond donors (Lipinski definition) is 1. The van der Waals surface area contributed by atoms with E-state index in [-0.39, 0.29) is 5.78 Å². The number of aromatic nitrogens is 2. The summed E-state index contributed by atoms with van der Waals surface area (Å²) in [6.07, 6.45) is 5.13. The van der Waals surface area contributed by atoms with Gasteiger partial charge in [-0.25, -0.2) is 0 Å². The monoisotopic (exact) mass is 342 g/mol. The van der Waals surface area contributed by atoms with Crippen LogP contribution in [0, 0.1) is 6.92 Å². The first-order valence-electron chi connectivity index (χ1n) is 8.96. The van der Waals surface area contributed by atoms with E-state index < -0.39 is 0 Å². The number of nitrogens with zero attached hydrogens (tertiary/aromatic N) is 1. The van der Waals surface area contributed by atoms with Gasteiger partial charge >= 0.3 is 0 Å². The first-order valence-corrected chi connectivity index (χ1v) is 8.96. The summed E-state index contributed by atoms with van der Waals surface area (Å²) in [5, 5.41) is 1.27. The molecule has 0 spiro atoms. The summed E-state index contributed by atoms with van der Waals surface area (Å²) < 4.78 is 2.21. The number of para-hydroxylation sites is 1. The van der Waals surface area contributed by atoms with Crippen molar-refractivity contribution < 1.29 is 4.79 Å². The van der Waals surface area contributed by atoms with E-state index in [0.717, 1.165) is 35.3 Å². The third kappa shape index (κ3) is 2.86. The molecule has 2 aromatic heterocycles. The Balaban J connectivity index is 1.68. The highest BCUT2D eigenvalue weighted by Gasteiger charge is 2.17. The quantitative estimate of drug-likeness (QED) is 0.485. The Kier molecular flexibility index (Phi) is 4.21. The Labute approximate surface area is 153 Å². The lowest BCUT2D eigenvalue weighted by atomic mass is 10.0. The fourth-order valence-corrected chi connectivity index (χ4v) is 3.75. The number of rotatable bonds is 5. The van der Waals surface area contributed by atoms with Crippen molar-refractivity contribution >= 4 is 16.7 Å². The summed E-state index contributed by atoms with van der Waals surface area (Å²) >= 11 is 0. The molecule has 0 aliphatic carbocycles. The molecule has 3 heteroatoms. The molecule has 0 aliphatic rings. The van der Waals surface area contributed by atoms with Gasteiger partial charge in [0.25, 0.3) is 0 Å². The number of hydrogen-bond acceptors (Lipinski definition) is 1. The molecule has 0 saturated carbocycles. The number of ketones is 1. The van der Waals surface area contributed by atoms with E-state index in [2.05, 4.69) is 52.3 Å². The molecule has 2 heterocycles. The van der Waals surface area contributed by atoms with Crippen LogP contribution >= 0.6 is 0 Å². The second-order valence-electron chi connectivity index (χ2n) is 6.73. The Morgan fingerprint density at radius 2 is 1.77 bits per heavy atom. The van der Waals surface area contributed by atoms with Crippen molar-refractivity contribution in [1.29, 1.82) is 0 Å². The molecular formula is C23H22N2O. The molecule has 0 saturated heterocycles. The van der Waals surface area contributed by atoms with Crippen molar-refractivity contribution in [3.8, 4) is 11.1 Å². The molecule has 26 heavy (non-hydrogen) atoms. The van der Waals surface area contributed by atoms with Crippen LogP contribution in [0.4, 0.5) is 0 Å². The van der Waals surface area contributed by atoms with E-state index in [1.165, 1.54) is 16.5 Å². The minimum absolute atomic E-state index is 0.118. The zero-order chi connectivity index (χ0) is 18.1. The molecular weight excluding hydrogens is 320 g/mol. The molecule has 2 aromatic carbocycles. The number of aryl methyl sites for hydroxylation is 2. The molecule has 4 rings (SSSR count). The topological polar surface area (TPSA) is 37.8 Å². The van der Waals surface area contributed by atoms with Crippen molar-refractivity contribution in [2.24, 2.45) is 0 Å². The Morgan fingerprint density at radius 1 is 1.04 bits per heavy atom. The van der Waals surface area contributed by atoms with E-state index in [0.29, 0.717) is 0 Å². The number of H-pyrrole nitrogens is 1. The van der Waals surface area contributed by atoms with E-state index >= 15 is 0 Å². The molecule has 0 radical (unpaired) electrons. The summed E-state index contributed by atoms with van der Waals surface area (Å²) in [6.45, 7) is 4.54. The average molecular weight is 342 g/mol. The Hall–Kier alpha value is -3.07. The number of nitrogens with one attached hydrogen (secondary N) is 1. The second-order valence-corrected chi connectivity index (χ2v) is 6.73. The maximum atomic E-state index is 12.3. The van der Waals surface area contributed by atoms with Crippen LogP contribution in [-0.2, 0) is 13.0 Å². The zero-order valence-corrected chi connectivity index (χ0v) is 15.1. The predicted molar refractivity (Wildman–Crippen MR) is 107 cm³/mol. The van der Waals surface area contributed by atoms with Crippen LogP contribution < -0.4 is 0 Å². The SMILES string of the molecule is CC(=O)c1c(-c2ccccc2)cn(CCc2c[nH]c3ccccc23)c1C. The second kappa shape index (κ2) is 6.68. The van der Waals surface area contributed by atoms with Gasteiger partial charge in [0.15, 0.2) is 5.78 Å². The maximum Gasteiger partial charge on any atom is 0.162 e. The van der Waals surface area contributed by atoms with Gasteiger partial charge in [0, 0.05) is 46.7 Å². The highest BCUT2D eigenvalue weighted by atomic mass is 16.1. The third-order valence-electron chi connectivity index (χ3n) is 5.08. The van der Waals surface area contributed by atoms with Gasteiger partial charge in [-0.3, -0.25) is 4.79 Å². The van der Waals surface area contributed by atoms with Gasteiger partial charge < -0.3 is 9.55 Å². The summed E-state index contributed by atoms with van der Waals surface area (Å²) in [4.78, 5) is 15.6. The van der Waals surface area contributed by atoms with Crippen LogP contribution in [0.2, 0.25) is 0 Å². The number of carbonyl (C=O) groups is 1. The van der Waals surface area contributed by atoms with Crippen LogP contribution in [0.25, 0.3) is 22.0 Å². The first kappa shape index (κ1) is 16.4. The molecule has 0 fully saturated rings. The van der Waals surface area contributed by atoms with Gasteiger partial charge in [0.2, 0.25) is 0 Å². The van der Waals surface area contributed by atoms with Crippen molar-refractivity contribution in [3.63, 3.8) is 0 Å². The largest absolute Gasteiger partial charge is 0.361 e. The van der Waals surface area contributed by atoms with E-state index in [4.69, 9.17) is 0 Å². The minimum Gasteiger partial charge on any atom is -0.361 e. The average Bonchev–Trinajstić information content (AvgIpc) is 3.22. The van der Waals surface area contributed by atoms with E-state index in [1.54, 1.807) is 6.92 Å². The molecule has 0 unspecified atom stereocenters. The Bertz CT molecular complexity index is 1070. The normalized spacial score (nSPS) is 11.2. The third-order valence-corrected chi connectivity index (χ3v) is 5.08. The van der Waals surface area contributed by atoms with Crippen LogP contribution in [0.5, 0.6) is 0 Å². The van der Waals surface area contributed by atoms with E-state index in [9.17, 15) is 4.79 Å². The zero-order valence-electron chi connectivity index (χ0n) is 15.1. The number of carbonyl (C=O) groups excluding carboxylic acids is 1. The predicted octanol–water partition coefficient (Wildman–Crippen LogP) is 5.39. The number of benzene rings is 2. The lowest BCUT2D eigenvalue weighted by Crippen LogP contribution is -2.04. The lowest BCUT2D eigenvalue weighted by Gasteiger charge is -2.06. The fourth-order valence-electron chi connectivity index (χ4n) is 3.75. The van der Waals surface area contributed by atoms with Gasteiger partial charge in [-0.1, -0.05) is 48.5 Å². The summed E-state index contributed by atoms with van der Waals surface area (Å²) in [6, 6.07) is 18.5. The fraction of sp³-hybridized carbons (Fsp3) is 0.174. The van der Waals surface area contributed by atoms with Gasteiger partial charge in [0.1, 0.15) is 0 Å². The highest BCUT2D eigenvalue weighted by Crippen LogP contribution is 2.29. The summed E-state index contributed by atoms with van der Waals surface area (Å²) in [5.41, 5.74) is 6.45.